The van der Waals surface area contributed by atoms with Crippen molar-refractivity contribution in [1.29, 1.82) is 0 Å². The highest BCUT2D eigenvalue weighted by molar-refractivity contribution is 9.10. The molecular weight excluding hydrogens is 352 g/mol. The highest BCUT2D eigenvalue weighted by atomic mass is 79.9. The quantitative estimate of drug-likeness (QED) is 0.608. The molecular formula is C15H17BrN2O2S. The molecule has 0 bridgehead atoms. The van der Waals surface area contributed by atoms with E-state index in [1.807, 2.05) is 30.3 Å². The van der Waals surface area contributed by atoms with E-state index in [0.29, 0.717) is 6.54 Å². The van der Waals surface area contributed by atoms with Crippen molar-refractivity contribution in [2.24, 2.45) is 0 Å². The number of benzene rings is 2. The molecule has 0 amide bonds. The van der Waals surface area contributed by atoms with Crippen LogP contribution in [0.4, 0.5) is 5.69 Å². The third-order valence-corrected chi connectivity index (χ3v) is 5.07. The number of halogens is 1. The second-order valence-electron chi connectivity index (χ2n) is 4.67. The highest BCUT2D eigenvalue weighted by Gasteiger charge is 2.16. The van der Waals surface area contributed by atoms with Crippen LogP contribution >= 0.6 is 15.9 Å². The number of rotatable bonds is 6. The maximum Gasteiger partial charge on any atom is 0.242 e. The summed E-state index contributed by atoms with van der Waals surface area (Å²) in [5.41, 5.74) is 7.18. The van der Waals surface area contributed by atoms with Crippen molar-refractivity contribution in [3.05, 3.63) is 58.6 Å². The van der Waals surface area contributed by atoms with Gasteiger partial charge in [-0.1, -0.05) is 46.3 Å². The Hall–Kier alpha value is -1.37. The minimum absolute atomic E-state index is 0.116. The van der Waals surface area contributed by atoms with Crippen molar-refractivity contribution < 1.29 is 8.42 Å². The summed E-state index contributed by atoms with van der Waals surface area (Å²) in [5, 5.41) is 0. The fourth-order valence-electron chi connectivity index (χ4n) is 1.99. The minimum Gasteiger partial charge on any atom is -0.398 e. The lowest BCUT2D eigenvalue weighted by atomic mass is 10.1. The lowest BCUT2D eigenvalue weighted by Crippen LogP contribution is -2.25. The molecule has 0 aliphatic rings. The Morgan fingerprint density at radius 3 is 2.48 bits per heavy atom. The van der Waals surface area contributed by atoms with E-state index in [-0.39, 0.29) is 10.6 Å². The first-order valence-electron chi connectivity index (χ1n) is 6.58. The van der Waals surface area contributed by atoms with Gasteiger partial charge in [0.1, 0.15) is 4.90 Å². The molecule has 2 aromatic rings. The molecule has 0 heterocycles. The third-order valence-electron chi connectivity index (χ3n) is 3.04. The Labute approximate surface area is 133 Å². The van der Waals surface area contributed by atoms with Gasteiger partial charge in [-0.15, -0.1) is 0 Å². The summed E-state index contributed by atoms with van der Waals surface area (Å²) in [5.74, 6) is 0. The van der Waals surface area contributed by atoms with Crippen molar-refractivity contribution in [2.45, 2.75) is 17.7 Å². The first kappa shape index (κ1) is 16.0. The van der Waals surface area contributed by atoms with E-state index in [1.165, 1.54) is 11.6 Å². The lowest BCUT2D eigenvalue weighted by Gasteiger charge is -2.09. The van der Waals surface area contributed by atoms with Crippen molar-refractivity contribution in [2.75, 3.05) is 12.3 Å². The molecule has 0 fully saturated rings. The molecule has 0 aliphatic carbocycles. The molecule has 2 aromatic carbocycles. The first-order valence-corrected chi connectivity index (χ1v) is 8.85. The molecule has 0 spiro atoms. The second kappa shape index (κ2) is 7.06. The zero-order chi connectivity index (χ0) is 15.3. The Balaban J connectivity index is 1.92. The Kier molecular flexibility index (Phi) is 5.39. The Bertz CT molecular complexity index is 703. The molecule has 0 atom stereocenters. The van der Waals surface area contributed by atoms with Crippen molar-refractivity contribution in [3.63, 3.8) is 0 Å². The normalized spacial score (nSPS) is 11.5. The molecule has 3 N–H and O–H groups in total. The van der Waals surface area contributed by atoms with E-state index < -0.39 is 10.0 Å². The van der Waals surface area contributed by atoms with Crippen LogP contribution in [0.3, 0.4) is 0 Å². The molecule has 6 heteroatoms. The van der Waals surface area contributed by atoms with Gasteiger partial charge in [0.2, 0.25) is 10.0 Å². The Morgan fingerprint density at radius 2 is 1.81 bits per heavy atom. The number of sulfonamides is 1. The minimum atomic E-state index is -3.56. The van der Waals surface area contributed by atoms with Crippen LogP contribution in [0.15, 0.2) is 57.9 Å². The van der Waals surface area contributed by atoms with Gasteiger partial charge in [0.05, 0.1) is 5.69 Å². The largest absolute Gasteiger partial charge is 0.398 e. The van der Waals surface area contributed by atoms with Crippen LogP contribution in [0.25, 0.3) is 0 Å². The van der Waals surface area contributed by atoms with Crippen LogP contribution in [-0.4, -0.2) is 15.0 Å². The first-order chi connectivity index (χ1) is 9.99. The summed E-state index contributed by atoms with van der Waals surface area (Å²) in [6, 6.07) is 14.7. The average Bonchev–Trinajstić information content (AvgIpc) is 2.44. The summed E-state index contributed by atoms with van der Waals surface area (Å²) in [6.07, 6.45) is 1.57. The summed E-state index contributed by atoms with van der Waals surface area (Å²) >= 11 is 3.26. The van der Waals surface area contributed by atoms with E-state index in [9.17, 15) is 8.42 Å². The zero-order valence-corrected chi connectivity index (χ0v) is 13.8. The topological polar surface area (TPSA) is 72.2 Å². The van der Waals surface area contributed by atoms with Gasteiger partial charge in [0.15, 0.2) is 0 Å². The van der Waals surface area contributed by atoms with Crippen molar-refractivity contribution in [1.82, 2.24) is 4.72 Å². The van der Waals surface area contributed by atoms with Crippen molar-refractivity contribution >= 4 is 31.6 Å². The van der Waals surface area contributed by atoms with Crippen LogP contribution in [0.2, 0.25) is 0 Å². The van der Waals surface area contributed by atoms with E-state index in [2.05, 4.69) is 20.7 Å². The second-order valence-corrected chi connectivity index (χ2v) is 7.32. The molecule has 0 unspecified atom stereocenters. The van der Waals surface area contributed by atoms with Gasteiger partial charge in [-0.05, 0) is 36.6 Å². The highest BCUT2D eigenvalue weighted by Crippen LogP contribution is 2.22. The standard InChI is InChI=1S/C15H17BrN2O2S/c16-13-8-9-15(14(17)11-13)21(19,20)18-10-4-7-12-5-2-1-3-6-12/h1-3,5-6,8-9,11,18H,4,7,10,17H2. The molecule has 0 saturated carbocycles. The van der Waals surface area contributed by atoms with Crippen molar-refractivity contribution in [3.8, 4) is 0 Å². The summed E-state index contributed by atoms with van der Waals surface area (Å²) in [4.78, 5) is 0.116. The van der Waals surface area contributed by atoms with Gasteiger partial charge in [-0.25, -0.2) is 13.1 Å². The monoisotopic (exact) mass is 368 g/mol. The summed E-state index contributed by atoms with van der Waals surface area (Å²) < 4.78 is 27.7. The number of anilines is 1. The predicted molar refractivity (Wildman–Crippen MR) is 88.5 cm³/mol. The number of nitrogens with one attached hydrogen (secondary N) is 1. The molecule has 0 saturated heterocycles. The number of hydrogen-bond acceptors (Lipinski definition) is 3. The van der Waals surface area contributed by atoms with E-state index in [4.69, 9.17) is 5.73 Å². The van der Waals surface area contributed by atoms with Crippen LogP contribution in [0, 0.1) is 0 Å². The zero-order valence-electron chi connectivity index (χ0n) is 11.4. The molecule has 2 rings (SSSR count). The molecule has 0 aromatic heterocycles. The van der Waals surface area contributed by atoms with Crippen LogP contribution in [0.5, 0.6) is 0 Å². The van der Waals surface area contributed by atoms with Gasteiger partial charge in [-0.2, -0.15) is 0 Å². The molecule has 21 heavy (non-hydrogen) atoms. The fourth-order valence-corrected chi connectivity index (χ4v) is 3.55. The number of hydrogen-bond donors (Lipinski definition) is 2. The van der Waals surface area contributed by atoms with E-state index in [0.717, 1.165) is 17.3 Å². The van der Waals surface area contributed by atoms with E-state index in [1.54, 1.807) is 12.1 Å². The Morgan fingerprint density at radius 1 is 1.10 bits per heavy atom. The maximum absolute atomic E-state index is 12.2. The van der Waals surface area contributed by atoms with Gasteiger partial charge >= 0.3 is 0 Å². The third kappa shape index (κ3) is 4.56. The van der Waals surface area contributed by atoms with Gasteiger partial charge in [-0.3, -0.25) is 0 Å². The molecule has 112 valence electrons. The molecule has 0 aliphatic heterocycles. The average molecular weight is 369 g/mol. The number of nitrogen functional groups attached to an aromatic ring is 1. The fraction of sp³-hybridized carbons (Fsp3) is 0.200. The van der Waals surface area contributed by atoms with Crippen LogP contribution in [-0.2, 0) is 16.4 Å². The van der Waals surface area contributed by atoms with Gasteiger partial charge in [0, 0.05) is 11.0 Å². The van der Waals surface area contributed by atoms with Crippen LogP contribution < -0.4 is 10.5 Å². The maximum atomic E-state index is 12.2. The lowest BCUT2D eigenvalue weighted by molar-refractivity contribution is 0.579. The number of nitrogens with two attached hydrogens (primary N) is 1. The van der Waals surface area contributed by atoms with Crippen LogP contribution in [0.1, 0.15) is 12.0 Å². The molecule has 0 radical (unpaired) electrons. The predicted octanol–water partition coefficient (Wildman–Crippen LogP) is 2.94. The molecule has 4 nitrogen and oxygen atoms in total. The number of aryl methyl sites for hydroxylation is 1. The summed E-state index contributed by atoms with van der Waals surface area (Å²) in [6.45, 7) is 0.382. The van der Waals surface area contributed by atoms with Gasteiger partial charge < -0.3 is 5.73 Å². The smallest absolute Gasteiger partial charge is 0.242 e. The SMILES string of the molecule is Nc1cc(Br)ccc1S(=O)(=O)NCCCc1ccccc1. The van der Waals surface area contributed by atoms with Gasteiger partial charge in [0.25, 0.3) is 0 Å². The van der Waals surface area contributed by atoms with E-state index >= 15 is 0 Å². The summed E-state index contributed by atoms with van der Waals surface area (Å²) in [7, 11) is -3.56.